The Morgan fingerprint density at radius 3 is 2.58 bits per heavy atom. The van der Waals surface area contributed by atoms with Crippen LogP contribution in [0.3, 0.4) is 0 Å². The largest absolute Gasteiger partial charge is 0.459 e. The van der Waals surface area contributed by atoms with Crippen molar-refractivity contribution < 1.29 is 29.2 Å². The van der Waals surface area contributed by atoms with E-state index >= 15 is 0 Å². The van der Waals surface area contributed by atoms with E-state index in [1.54, 1.807) is 7.11 Å². The van der Waals surface area contributed by atoms with E-state index in [9.17, 15) is 15.0 Å². The average molecular weight is 340 g/mol. The molecule has 3 rings (SSSR count). The highest BCUT2D eigenvalue weighted by molar-refractivity contribution is 5.66. The number of carbonyl (C=O) groups excluding carboxylic acids is 1. The molecule has 0 amide bonds. The summed E-state index contributed by atoms with van der Waals surface area (Å²) in [6.45, 7) is 7.44. The van der Waals surface area contributed by atoms with E-state index < -0.39 is 36.1 Å². The summed E-state index contributed by atoms with van der Waals surface area (Å²) < 4.78 is 17.2. The third-order valence-corrected chi connectivity index (χ3v) is 6.19. The maximum atomic E-state index is 11.7. The minimum absolute atomic E-state index is 0.0844. The molecule has 136 valence electrons. The summed E-state index contributed by atoms with van der Waals surface area (Å²) in [6.07, 6.45) is 0.141. The lowest BCUT2D eigenvalue weighted by Crippen LogP contribution is -2.68. The van der Waals surface area contributed by atoms with Gasteiger partial charge in [-0.3, -0.25) is 4.79 Å². The molecule has 6 nitrogen and oxygen atoms in total. The Bertz CT molecular complexity index is 556. The normalized spacial score (nSPS) is 48.9. The van der Waals surface area contributed by atoms with Gasteiger partial charge in [0.25, 0.3) is 0 Å². The van der Waals surface area contributed by atoms with Crippen molar-refractivity contribution in [3.63, 3.8) is 0 Å². The highest BCUT2D eigenvalue weighted by atomic mass is 16.7. The summed E-state index contributed by atoms with van der Waals surface area (Å²) in [4.78, 5) is 11.7. The Kier molecular flexibility index (Phi) is 4.31. The molecule has 2 fully saturated rings. The van der Waals surface area contributed by atoms with Gasteiger partial charge < -0.3 is 24.4 Å². The van der Waals surface area contributed by atoms with E-state index in [1.165, 1.54) is 6.92 Å². The lowest BCUT2D eigenvalue weighted by molar-refractivity contribution is -0.276. The molecule has 1 heterocycles. The SMILES string of the molecule is CO[C@H]1/C=C(\C)C[C@H](OC(C)=O)[C@@]23OC(O)[C@@H]([C@@H]1O)[C@@H]2CC3(C)C. The Morgan fingerprint density at radius 2 is 2.04 bits per heavy atom. The van der Waals surface area contributed by atoms with Gasteiger partial charge in [0, 0.05) is 32.3 Å². The van der Waals surface area contributed by atoms with Crippen molar-refractivity contribution in [2.24, 2.45) is 17.3 Å². The first-order chi connectivity index (χ1) is 11.1. The summed E-state index contributed by atoms with van der Waals surface area (Å²) in [5.74, 6) is -0.921. The van der Waals surface area contributed by atoms with Gasteiger partial charge in [-0.1, -0.05) is 25.5 Å². The highest BCUT2D eigenvalue weighted by Gasteiger charge is 2.74. The van der Waals surface area contributed by atoms with Gasteiger partial charge in [0.15, 0.2) is 6.29 Å². The van der Waals surface area contributed by atoms with Crippen molar-refractivity contribution in [3.8, 4) is 0 Å². The van der Waals surface area contributed by atoms with Crippen molar-refractivity contribution >= 4 is 5.97 Å². The monoisotopic (exact) mass is 340 g/mol. The van der Waals surface area contributed by atoms with E-state index in [2.05, 4.69) is 13.8 Å². The lowest BCUT2D eigenvalue weighted by Gasteiger charge is -2.61. The van der Waals surface area contributed by atoms with Crippen LogP contribution < -0.4 is 0 Å². The van der Waals surface area contributed by atoms with Crippen LogP contribution >= 0.6 is 0 Å². The number of ether oxygens (including phenoxy) is 3. The average Bonchev–Trinajstić information content (AvgIpc) is 2.73. The zero-order valence-electron chi connectivity index (χ0n) is 15.0. The van der Waals surface area contributed by atoms with Crippen LogP contribution in [0.1, 0.15) is 40.5 Å². The van der Waals surface area contributed by atoms with Crippen LogP contribution in [0.2, 0.25) is 0 Å². The van der Waals surface area contributed by atoms with Crippen molar-refractivity contribution in [3.05, 3.63) is 11.6 Å². The minimum atomic E-state index is -1.10. The zero-order valence-corrected chi connectivity index (χ0v) is 15.0. The Morgan fingerprint density at radius 1 is 1.38 bits per heavy atom. The molecule has 1 unspecified atom stereocenters. The molecule has 0 radical (unpaired) electrons. The third-order valence-electron chi connectivity index (χ3n) is 6.19. The summed E-state index contributed by atoms with van der Waals surface area (Å²) in [7, 11) is 1.54. The summed E-state index contributed by atoms with van der Waals surface area (Å²) in [5, 5.41) is 21.4. The van der Waals surface area contributed by atoms with Crippen LogP contribution in [-0.2, 0) is 19.0 Å². The van der Waals surface area contributed by atoms with Crippen LogP contribution in [0, 0.1) is 17.3 Å². The second-order valence-electron chi connectivity index (χ2n) is 8.08. The number of aliphatic hydroxyl groups is 2. The van der Waals surface area contributed by atoms with Gasteiger partial charge in [-0.2, -0.15) is 0 Å². The maximum absolute atomic E-state index is 11.7. The first kappa shape index (κ1) is 17.9. The molecular weight excluding hydrogens is 312 g/mol. The minimum Gasteiger partial charge on any atom is -0.459 e. The molecule has 7 atom stereocenters. The molecule has 0 spiro atoms. The van der Waals surface area contributed by atoms with E-state index in [1.807, 2.05) is 13.0 Å². The molecule has 24 heavy (non-hydrogen) atoms. The number of rotatable bonds is 2. The Balaban J connectivity index is 2.10. The number of hydrogen-bond acceptors (Lipinski definition) is 6. The molecule has 6 heteroatoms. The quantitative estimate of drug-likeness (QED) is 0.584. The predicted molar refractivity (Wildman–Crippen MR) is 85.9 cm³/mol. The van der Waals surface area contributed by atoms with Gasteiger partial charge in [0.1, 0.15) is 17.8 Å². The van der Waals surface area contributed by atoms with Crippen LogP contribution in [-0.4, -0.2) is 53.5 Å². The lowest BCUT2D eigenvalue weighted by atomic mass is 9.47. The second kappa shape index (κ2) is 5.80. The molecule has 0 aromatic heterocycles. The van der Waals surface area contributed by atoms with Crippen molar-refractivity contribution in [2.45, 2.75) is 70.7 Å². The molecule has 0 aromatic carbocycles. The predicted octanol–water partition coefficient (Wildman–Crippen LogP) is 1.39. The summed E-state index contributed by atoms with van der Waals surface area (Å²) in [5.41, 5.74) is -0.0874. The summed E-state index contributed by atoms with van der Waals surface area (Å²) in [6, 6.07) is 0. The molecule has 1 saturated carbocycles. The van der Waals surface area contributed by atoms with Gasteiger partial charge in [-0.15, -0.1) is 0 Å². The Hall–Kier alpha value is -0.950. The van der Waals surface area contributed by atoms with Crippen molar-refractivity contribution in [1.29, 1.82) is 0 Å². The number of carbonyl (C=O) groups is 1. The van der Waals surface area contributed by atoms with Crippen LogP contribution in [0.15, 0.2) is 11.6 Å². The second-order valence-corrected chi connectivity index (χ2v) is 8.08. The molecule has 2 aliphatic carbocycles. The molecule has 0 aromatic rings. The van der Waals surface area contributed by atoms with E-state index in [4.69, 9.17) is 14.2 Å². The fraction of sp³-hybridized carbons (Fsp3) is 0.833. The topological polar surface area (TPSA) is 85.2 Å². The fourth-order valence-electron chi connectivity index (χ4n) is 5.18. The van der Waals surface area contributed by atoms with Crippen LogP contribution in [0.4, 0.5) is 0 Å². The van der Waals surface area contributed by atoms with E-state index in [0.717, 1.165) is 12.0 Å². The smallest absolute Gasteiger partial charge is 0.303 e. The molecule has 1 aliphatic heterocycles. The van der Waals surface area contributed by atoms with E-state index in [0.29, 0.717) is 6.42 Å². The number of methoxy groups -OCH3 is 1. The standard InChI is InChI=1S/C18H28O6/c1-9-6-12(22-5)15(20)14-11-8-17(3,4)18(11,24-16(14)21)13(7-9)23-10(2)19/h6,11-16,20-21H,7-8H2,1-5H3/b9-6+/t11-,12-,13-,14+,15+,16?,18-/m0/s1. The highest BCUT2D eigenvalue weighted by Crippen LogP contribution is 2.67. The van der Waals surface area contributed by atoms with Crippen LogP contribution in [0.25, 0.3) is 0 Å². The molecule has 2 N–H and O–H groups in total. The maximum Gasteiger partial charge on any atom is 0.303 e. The van der Waals surface area contributed by atoms with Crippen molar-refractivity contribution in [1.82, 2.24) is 0 Å². The number of aliphatic hydroxyl groups excluding tert-OH is 2. The zero-order chi connectivity index (χ0) is 17.9. The first-order valence-electron chi connectivity index (χ1n) is 8.55. The molecule has 2 bridgehead atoms. The number of esters is 1. The van der Waals surface area contributed by atoms with Crippen LogP contribution in [0.5, 0.6) is 0 Å². The fourth-order valence-corrected chi connectivity index (χ4v) is 5.18. The van der Waals surface area contributed by atoms with Crippen molar-refractivity contribution in [2.75, 3.05) is 7.11 Å². The van der Waals surface area contributed by atoms with Gasteiger partial charge in [-0.05, 0) is 18.8 Å². The molecule has 3 aliphatic rings. The molecule has 1 saturated heterocycles. The first-order valence-corrected chi connectivity index (χ1v) is 8.55. The molecular formula is C18H28O6. The van der Waals surface area contributed by atoms with Gasteiger partial charge >= 0.3 is 5.97 Å². The van der Waals surface area contributed by atoms with Gasteiger partial charge in [-0.25, -0.2) is 0 Å². The van der Waals surface area contributed by atoms with E-state index in [-0.39, 0.29) is 17.3 Å². The number of hydrogen-bond donors (Lipinski definition) is 2. The van der Waals surface area contributed by atoms with Gasteiger partial charge in [0.05, 0.1) is 6.10 Å². The Labute approximate surface area is 142 Å². The third kappa shape index (κ3) is 2.35. The van der Waals surface area contributed by atoms with Gasteiger partial charge in [0.2, 0.25) is 0 Å². The summed E-state index contributed by atoms with van der Waals surface area (Å²) >= 11 is 0.